The van der Waals surface area contributed by atoms with Gasteiger partial charge in [0, 0.05) is 19.3 Å². The summed E-state index contributed by atoms with van der Waals surface area (Å²) < 4.78 is 16.7. The summed E-state index contributed by atoms with van der Waals surface area (Å²) in [6, 6.07) is 0. The van der Waals surface area contributed by atoms with E-state index in [1.54, 1.807) is 0 Å². The summed E-state index contributed by atoms with van der Waals surface area (Å²) in [5.74, 6) is -0.856. The monoisotopic (exact) mass is 959 g/mol. The third-order valence-corrected chi connectivity index (χ3v) is 14.0. The van der Waals surface area contributed by atoms with E-state index >= 15 is 0 Å². The Hall–Kier alpha value is -1.85. The molecule has 0 spiro atoms. The molecule has 0 radical (unpaired) electrons. The lowest BCUT2D eigenvalue weighted by atomic mass is 10.0. The number of carbonyl (C=O) groups excluding carboxylic acids is 3. The molecule has 0 N–H and O–H groups in total. The van der Waals surface area contributed by atoms with Gasteiger partial charge in [-0.25, -0.2) is 0 Å². The minimum absolute atomic E-state index is 0.0643. The second-order valence-corrected chi connectivity index (χ2v) is 21.0. The van der Waals surface area contributed by atoms with E-state index in [1.165, 1.54) is 244 Å². The highest BCUT2D eigenvalue weighted by atomic mass is 16.6. The van der Waals surface area contributed by atoms with Crippen LogP contribution in [0.2, 0.25) is 0 Å². The number of esters is 3. The summed E-state index contributed by atoms with van der Waals surface area (Å²) in [4.78, 5) is 37.8. The second kappa shape index (κ2) is 57.7. The first-order chi connectivity index (χ1) is 33.5. The SMILES string of the molecule is CCCCCCCCCC/C=C\CCCCCCCCCCCCCCCCCCCCCC(=O)OCC(COC(=O)CCCCCCC)OC(=O)CCCCCCCCCCCCCCCC. The summed E-state index contributed by atoms with van der Waals surface area (Å²) >= 11 is 0. The van der Waals surface area contributed by atoms with Crippen molar-refractivity contribution in [3.05, 3.63) is 12.2 Å². The van der Waals surface area contributed by atoms with Gasteiger partial charge >= 0.3 is 17.9 Å². The quantitative estimate of drug-likeness (QED) is 0.0262. The summed E-state index contributed by atoms with van der Waals surface area (Å²) in [6.45, 7) is 6.61. The minimum Gasteiger partial charge on any atom is -0.462 e. The first kappa shape index (κ1) is 66.2. The molecule has 0 rings (SSSR count). The standard InChI is InChI=1S/C62H118O6/c1-4-7-10-13-15-17-19-21-23-24-25-26-27-28-29-30-31-32-33-34-35-36-37-38-39-41-42-44-46-49-52-55-61(64)67-58-59(57-66-60(63)54-51-48-12-9-6-3)68-62(65)56-53-50-47-45-43-40-22-20-18-16-14-11-8-5-2/h24-25,59H,4-23,26-58H2,1-3H3/b25-24-. The van der Waals surface area contributed by atoms with Gasteiger partial charge in [-0.1, -0.05) is 296 Å². The lowest BCUT2D eigenvalue weighted by Crippen LogP contribution is -2.30. The predicted molar refractivity (Wildman–Crippen MR) is 293 cm³/mol. The maximum absolute atomic E-state index is 12.7. The van der Waals surface area contributed by atoms with E-state index in [1.807, 2.05) is 0 Å². The number of hydrogen-bond donors (Lipinski definition) is 0. The molecule has 6 heteroatoms. The van der Waals surface area contributed by atoms with E-state index in [2.05, 4.69) is 32.9 Å². The molecule has 0 saturated carbocycles. The van der Waals surface area contributed by atoms with Crippen LogP contribution in [-0.2, 0) is 28.6 Å². The molecule has 0 amide bonds. The Morgan fingerprint density at radius 3 is 0.735 bits per heavy atom. The fourth-order valence-corrected chi connectivity index (χ4v) is 9.38. The van der Waals surface area contributed by atoms with Crippen LogP contribution in [0.3, 0.4) is 0 Å². The van der Waals surface area contributed by atoms with Gasteiger partial charge in [-0.3, -0.25) is 14.4 Å². The molecule has 402 valence electrons. The van der Waals surface area contributed by atoms with Crippen LogP contribution < -0.4 is 0 Å². The van der Waals surface area contributed by atoms with Crippen LogP contribution in [-0.4, -0.2) is 37.2 Å². The van der Waals surface area contributed by atoms with Gasteiger partial charge in [0.25, 0.3) is 0 Å². The maximum atomic E-state index is 12.7. The minimum atomic E-state index is -0.760. The largest absolute Gasteiger partial charge is 0.462 e. The average Bonchev–Trinajstić information content (AvgIpc) is 3.34. The van der Waals surface area contributed by atoms with Gasteiger partial charge < -0.3 is 14.2 Å². The molecule has 0 aliphatic carbocycles. The third-order valence-electron chi connectivity index (χ3n) is 14.0. The highest BCUT2D eigenvalue weighted by Gasteiger charge is 2.19. The molecule has 0 aromatic heterocycles. The smallest absolute Gasteiger partial charge is 0.306 e. The average molecular weight is 960 g/mol. The van der Waals surface area contributed by atoms with Crippen LogP contribution in [0.15, 0.2) is 12.2 Å². The molecule has 0 fully saturated rings. The van der Waals surface area contributed by atoms with Crippen LogP contribution in [0.1, 0.15) is 348 Å². The molecule has 0 aliphatic heterocycles. The fourth-order valence-electron chi connectivity index (χ4n) is 9.38. The van der Waals surface area contributed by atoms with Gasteiger partial charge in [-0.15, -0.1) is 0 Å². The summed E-state index contributed by atoms with van der Waals surface area (Å²) in [5.41, 5.74) is 0. The Morgan fingerprint density at radius 2 is 0.485 bits per heavy atom. The van der Waals surface area contributed by atoms with E-state index < -0.39 is 6.10 Å². The van der Waals surface area contributed by atoms with Crippen molar-refractivity contribution in [3.63, 3.8) is 0 Å². The lowest BCUT2D eigenvalue weighted by molar-refractivity contribution is -0.167. The number of rotatable bonds is 57. The Kier molecular flexibility index (Phi) is 56.2. The Bertz CT molecular complexity index is 1060. The van der Waals surface area contributed by atoms with Crippen molar-refractivity contribution in [2.75, 3.05) is 13.2 Å². The van der Waals surface area contributed by atoms with E-state index in [0.717, 1.165) is 64.2 Å². The zero-order chi connectivity index (χ0) is 49.3. The third kappa shape index (κ3) is 55.1. The second-order valence-electron chi connectivity index (χ2n) is 21.0. The van der Waals surface area contributed by atoms with Crippen LogP contribution in [0, 0.1) is 0 Å². The number of allylic oxidation sites excluding steroid dienone is 2. The molecule has 0 saturated heterocycles. The van der Waals surface area contributed by atoms with Gasteiger partial charge in [-0.2, -0.15) is 0 Å². The van der Waals surface area contributed by atoms with Crippen molar-refractivity contribution >= 4 is 17.9 Å². The van der Waals surface area contributed by atoms with Crippen molar-refractivity contribution in [3.8, 4) is 0 Å². The zero-order valence-electron chi connectivity index (χ0n) is 46.2. The van der Waals surface area contributed by atoms with Crippen LogP contribution in [0.5, 0.6) is 0 Å². The van der Waals surface area contributed by atoms with Gasteiger partial charge in [0.05, 0.1) is 0 Å². The van der Waals surface area contributed by atoms with Crippen molar-refractivity contribution in [2.45, 2.75) is 354 Å². The van der Waals surface area contributed by atoms with E-state index in [0.29, 0.717) is 19.3 Å². The molecular formula is C62H118O6. The summed E-state index contributed by atoms with van der Waals surface area (Å²) in [6.07, 6.45) is 67.1. The molecule has 6 nitrogen and oxygen atoms in total. The number of ether oxygens (including phenoxy) is 3. The lowest BCUT2D eigenvalue weighted by Gasteiger charge is -2.18. The molecular weight excluding hydrogens is 841 g/mol. The highest BCUT2D eigenvalue weighted by molar-refractivity contribution is 5.71. The molecule has 0 aromatic rings. The highest BCUT2D eigenvalue weighted by Crippen LogP contribution is 2.18. The Labute approximate surface area is 424 Å². The summed E-state index contributed by atoms with van der Waals surface area (Å²) in [5, 5.41) is 0. The first-order valence-electron chi connectivity index (χ1n) is 30.7. The Balaban J connectivity index is 3.88. The van der Waals surface area contributed by atoms with Gasteiger partial charge in [-0.05, 0) is 44.9 Å². The predicted octanol–water partition coefficient (Wildman–Crippen LogP) is 20.5. The molecule has 0 bridgehead atoms. The summed E-state index contributed by atoms with van der Waals surface area (Å²) in [7, 11) is 0. The van der Waals surface area contributed by atoms with Crippen molar-refractivity contribution in [1.29, 1.82) is 0 Å². The van der Waals surface area contributed by atoms with E-state index in [-0.39, 0.29) is 31.1 Å². The molecule has 0 heterocycles. The molecule has 68 heavy (non-hydrogen) atoms. The number of unbranched alkanes of at least 4 members (excludes halogenated alkanes) is 44. The molecule has 1 atom stereocenters. The van der Waals surface area contributed by atoms with Crippen molar-refractivity contribution in [1.82, 2.24) is 0 Å². The fraction of sp³-hybridized carbons (Fsp3) is 0.919. The van der Waals surface area contributed by atoms with E-state index in [9.17, 15) is 14.4 Å². The molecule has 0 aromatic carbocycles. The first-order valence-corrected chi connectivity index (χ1v) is 30.7. The molecule has 1 unspecified atom stereocenters. The number of hydrogen-bond acceptors (Lipinski definition) is 6. The topological polar surface area (TPSA) is 78.9 Å². The van der Waals surface area contributed by atoms with E-state index in [4.69, 9.17) is 14.2 Å². The van der Waals surface area contributed by atoms with Crippen molar-refractivity contribution in [2.24, 2.45) is 0 Å². The Morgan fingerprint density at radius 1 is 0.279 bits per heavy atom. The number of carbonyl (C=O) groups is 3. The van der Waals surface area contributed by atoms with Gasteiger partial charge in [0.2, 0.25) is 0 Å². The molecule has 0 aliphatic rings. The van der Waals surface area contributed by atoms with Crippen LogP contribution in [0.4, 0.5) is 0 Å². The van der Waals surface area contributed by atoms with Gasteiger partial charge in [0.1, 0.15) is 13.2 Å². The zero-order valence-corrected chi connectivity index (χ0v) is 46.2. The van der Waals surface area contributed by atoms with Crippen LogP contribution >= 0.6 is 0 Å². The normalized spacial score (nSPS) is 12.0. The maximum Gasteiger partial charge on any atom is 0.306 e. The van der Waals surface area contributed by atoms with Crippen molar-refractivity contribution < 1.29 is 28.6 Å². The van der Waals surface area contributed by atoms with Gasteiger partial charge in [0.15, 0.2) is 6.10 Å². The van der Waals surface area contributed by atoms with Crippen LogP contribution in [0.25, 0.3) is 0 Å².